The van der Waals surface area contributed by atoms with Crippen molar-refractivity contribution in [3.05, 3.63) is 101 Å². The van der Waals surface area contributed by atoms with E-state index in [4.69, 9.17) is 11.6 Å². The van der Waals surface area contributed by atoms with Crippen LogP contribution in [0.2, 0.25) is 5.02 Å². The van der Waals surface area contributed by atoms with Crippen LogP contribution in [0.5, 0.6) is 0 Å². The topological polar surface area (TPSA) is 86.8 Å². The number of anilines is 1. The first-order valence-corrected chi connectivity index (χ1v) is 14.6. The fraction of sp³-hybridized carbons (Fsp3) is 0.310. The summed E-state index contributed by atoms with van der Waals surface area (Å²) >= 11 is 6.28. The van der Waals surface area contributed by atoms with E-state index >= 15 is 0 Å². The lowest BCUT2D eigenvalue weighted by molar-refractivity contribution is -0.140. The van der Waals surface area contributed by atoms with Gasteiger partial charge in [-0.05, 0) is 49.6 Å². The Morgan fingerprint density at radius 3 is 2.03 bits per heavy atom. The Morgan fingerprint density at radius 2 is 1.47 bits per heavy atom. The van der Waals surface area contributed by atoms with Gasteiger partial charge >= 0.3 is 0 Å². The van der Waals surface area contributed by atoms with Gasteiger partial charge in [-0.15, -0.1) is 0 Å². The molecule has 0 aliphatic heterocycles. The van der Waals surface area contributed by atoms with Crippen molar-refractivity contribution in [1.29, 1.82) is 0 Å². The fourth-order valence-corrected chi connectivity index (χ4v) is 5.25. The van der Waals surface area contributed by atoms with Crippen molar-refractivity contribution in [2.45, 2.75) is 45.8 Å². The third-order valence-electron chi connectivity index (χ3n) is 6.08. The van der Waals surface area contributed by atoms with Gasteiger partial charge in [0, 0.05) is 24.0 Å². The molecule has 38 heavy (non-hydrogen) atoms. The van der Waals surface area contributed by atoms with Crippen LogP contribution >= 0.6 is 11.6 Å². The van der Waals surface area contributed by atoms with E-state index in [1.54, 1.807) is 25.1 Å². The second-order valence-corrected chi connectivity index (χ2v) is 11.8. The molecule has 0 saturated carbocycles. The zero-order valence-corrected chi connectivity index (χ0v) is 23.7. The van der Waals surface area contributed by atoms with Gasteiger partial charge in [0.15, 0.2) is 0 Å². The molecule has 3 rings (SSSR count). The van der Waals surface area contributed by atoms with Crippen molar-refractivity contribution < 1.29 is 18.0 Å². The normalized spacial score (nSPS) is 12.2. The molecule has 1 unspecified atom stereocenters. The van der Waals surface area contributed by atoms with E-state index in [-0.39, 0.29) is 24.9 Å². The van der Waals surface area contributed by atoms with Crippen molar-refractivity contribution in [3.8, 4) is 0 Å². The number of hydrogen-bond donors (Lipinski definition) is 1. The predicted molar refractivity (Wildman–Crippen MR) is 153 cm³/mol. The van der Waals surface area contributed by atoms with Crippen molar-refractivity contribution in [1.82, 2.24) is 10.2 Å². The summed E-state index contributed by atoms with van der Waals surface area (Å²) in [6.07, 6.45) is 1.32. The van der Waals surface area contributed by atoms with Crippen molar-refractivity contribution in [3.63, 3.8) is 0 Å². The molecular formula is C29H34ClN3O4S. The van der Waals surface area contributed by atoms with Crippen LogP contribution in [0.1, 0.15) is 30.5 Å². The summed E-state index contributed by atoms with van der Waals surface area (Å²) < 4.78 is 26.8. The molecule has 0 aliphatic carbocycles. The summed E-state index contributed by atoms with van der Waals surface area (Å²) in [6.45, 7) is 5.07. The SMILES string of the molecule is Cc1c(Cl)cccc1N(CC(=O)N(Cc1ccccc1)C(Cc1ccccc1)C(=O)NC(C)C)S(C)(=O)=O. The van der Waals surface area contributed by atoms with Gasteiger partial charge in [0.2, 0.25) is 21.8 Å². The van der Waals surface area contributed by atoms with Gasteiger partial charge in [-0.25, -0.2) is 8.42 Å². The molecule has 7 nitrogen and oxygen atoms in total. The minimum atomic E-state index is -3.86. The van der Waals surface area contributed by atoms with E-state index in [1.807, 2.05) is 74.5 Å². The molecule has 0 saturated heterocycles. The molecule has 0 fully saturated rings. The van der Waals surface area contributed by atoms with E-state index in [2.05, 4.69) is 5.32 Å². The fourth-order valence-electron chi connectivity index (χ4n) is 4.18. The predicted octanol–water partition coefficient (Wildman–Crippen LogP) is 4.58. The maximum Gasteiger partial charge on any atom is 0.244 e. The highest BCUT2D eigenvalue weighted by molar-refractivity contribution is 7.92. The summed E-state index contributed by atoms with van der Waals surface area (Å²) in [5, 5.41) is 3.33. The molecule has 1 atom stereocenters. The highest BCUT2D eigenvalue weighted by atomic mass is 35.5. The van der Waals surface area contributed by atoms with Gasteiger partial charge in [0.25, 0.3) is 0 Å². The average molecular weight is 556 g/mol. The van der Waals surface area contributed by atoms with Gasteiger partial charge in [-0.2, -0.15) is 0 Å². The van der Waals surface area contributed by atoms with Crippen LogP contribution in [0.15, 0.2) is 78.9 Å². The summed E-state index contributed by atoms with van der Waals surface area (Å²) in [6, 6.07) is 22.7. The van der Waals surface area contributed by atoms with Gasteiger partial charge in [0.05, 0.1) is 11.9 Å². The van der Waals surface area contributed by atoms with Crippen LogP contribution in [0.3, 0.4) is 0 Å². The molecule has 0 spiro atoms. The van der Waals surface area contributed by atoms with E-state index < -0.39 is 28.5 Å². The first kappa shape index (κ1) is 29.2. The molecule has 0 aliphatic rings. The number of carbonyl (C=O) groups is 2. The molecule has 0 aromatic heterocycles. The van der Waals surface area contributed by atoms with E-state index in [1.165, 1.54) is 4.90 Å². The van der Waals surface area contributed by atoms with Crippen LogP contribution < -0.4 is 9.62 Å². The molecular weight excluding hydrogens is 522 g/mol. The van der Waals surface area contributed by atoms with Gasteiger partial charge < -0.3 is 10.2 Å². The number of nitrogens with one attached hydrogen (secondary N) is 1. The number of rotatable bonds is 11. The summed E-state index contributed by atoms with van der Waals surface area (Å²) in [5.41, 5.74) is 2.56. The van der Waals surface area contributed by atoms with Gasteiger partial charge in [-0.1, -0.05) is 78.3 Å². The van der Waals surface area contributed by atoms with Crippen LogP contribution in [-0.4, -0.2) is 50.0 Å². The standard InChI is InChI=1S/C29H34ClN3O4S/c1-21(2)31-29(35)27(18-23-12-7-5-8-13-23)32(19-24-14-9-6-10-15-24)28(34)20-33(38(4,36)37)26-17-11-16-25(30)22(26)3/h5-17,21,27H,18-20H2,1-4H3,(H,31,35). The largest absolute Gasteiger partial charge is 0.352 e. The summed E-state index contributed by atoms with van der Waals surface area (Å²) in [7, 11) is -3.86. The molecule has 3 aromatic carbocycles. The first-order chi connectivity index (χ1) is 18.0. The number of sulfonamides is 1. The van der Waals surface area contributed by atoms with E-state index in [9.17, 15) is 18.0 Å². The van der Waals surface area contributed by atoms with Crippen LogP contribution in [0, 0.1) is 6.92 Å². The quantitative estimate of drug-likeness (QED) is 0.375. The summed E-state index contributed by atoms with van der Waals surface area (Å²) in [4.78, 5) is 29.0. The second kappa shape index (κ2) is 12.9. The molecule has 0 heterocycles. The molecule has 2 amide bonds. The Bertz CT molecular complexity index is 1350. The highest BCUT2D eigenvalue weighted by Gasteiger charge is 2.33. The van der Waals surface area contributed by atoms with E-state index in [0.717, 1.165) is 21.7 Å². The van der Waals surface area contributed by atoms with Gasteiger partial charge in [0.1, 0.15) is 12.6 Å². The Balaban J connectivity index is 2.06. The van der Waals surface area contributed by atoms with Crippen LogP contribution in [0.25, 0.3) is 0 Å². The lowest BCUT2D eigenvalue weighted by Crippen LogP contribution is -2.54. The molecule has 1 N–H and O–H groups in total. The second-order valence-electron chi connectivity index (χ2n) is 9.53. The zero-order valence-electron chi connectivity index (χ0n) is 22.1. The Kier molecular flexibility index (Phi) is 9.94. The lowest BCUT2D eigenvalue weighted by Gasteiger charge is -2.34. The van der Waals surface area contributed by atoms with Crippen LogP contribution in [0.4, 0.5) is 5.69 Å². The average Bonchev–Trinajstić information content (AvgIpc) is 2.86. The molecule has 0 radical (unpaired) electrons. The number of benzene rings is 3. The maximum absolute atomic E-state index is 14.0. The number of halogens is 1. The number of nitrogens with zero attached hydrogens (tertiary/aromatic N) is 2. The number of carbonyl (C=O) groups excluding carboxylic acids is 2. The highest BCUT2D eigenvalue weighted by Crippen LogP contribution is 2.28. The molecule has 3 aromatic rings. The smallest absolute Gasteiger partial charge is 0.244 e. The maximum atomic E-state index is 14.0. The zero-order chi connectivity index (χ0) is 27.9. The van der Waals surface area contributed by atoms with Gasteiger partial charge in [-0.3, -0.25) is 13.9 Å². The summed E-state index contributed by atoms with van der Waals surface area (Å²) in [5.74, 6) is -0.809. The molecule has 9 heteroatoms. The minimum Gasteiger partial charge on any atom is -0.352 e. The van der Waals surface area contributed by atoms with Crippen LogP contribution in [-0.2, 0) is 32.6 Å². The third kappa shape index (κ3) is 7.82. The Hall–Kier alpha value is -3.36. The minimum absolute atomic E-state index is 0.134. The Morgan fingerprint density at radius 1 is 0.895 bits per heavy atom. The van der Waals surface area contributed by atoms with E-state index in [0.29, 0.717) is 16.3 Å². The Labute approximate surface area is 230 Å². The number of hydrogen-bond acceptors (Lipinski definition) is 4. The number of amides is 2. The van der Waals surface area contributed by atoms with Crippen molar-refractivity contribution >= 4 is 39.1 Å². The lowest BCUT2D eigenvalue weighted by atomic mass is 10.0. The molecule has 0 bridgehead atoms. The van der Waals surface area contributed by atoms with Crippen molar-refractivity contribution in [2.75, 3.05) is 17.1 Å². The first-order valence-electron chi connectivity index (χ1n) is 12.4. The third-order valence-corrected chi connectivity index (χ3v) is 7.62. The monoisotopic (exact) mass is 555 g/mol. The molecule has 202 valence electrons. The van der Waals surface area contributed by atoms with Crippen molar-refractivity contribution in [2.24, 2.45) is 0 Å².